The highest BCUT2D eigenvalue weighted by molar-refractivity contribution is 9.10. The third-order valence-electron chi connectivity index (χ3n) is 2.59. The summed E-state index contributed by atoms with van der Waals surface area (Å²) in [6.45, 7) is 4.48. The molecule has 0 N–H and O–H groups in total. The van der Waals surface area contributed by atoms with E-state index in [1.807, 2.05) is 0 Å². The summed E-state index contributed by atoms with van der Waals surface area (Å²) in [5, 5.41) is 0. The topological polar surface area (TPSA) is 29.0 Å². The van der Waals surface area contributed by atoms with Crippen LogP contribution in [0.1, 0.15) is 19.8 Å². The number of halogens is 1. The number of piperidine rings is 1. The van der Waals surface area contributed by atoms with E-state index in [1.54, 1.807) is 12.4 Å². The molecule has 4 heteroatoms. The van der Waals surface area contributed by atoms with E-state index in [0.29, 0.717) is 0 Å². The Morgan fingerprint density at radius 2 is 2.21 bits per heavy atom. The van der Waals surface area contributed by atoms with Gasteiger partial charge in [-0.15, -0.1) is 0 Å². The number of nitrogens with zero attached hydrogens (tertiary/aromatic N) is 3. The van der Waals surface area contributed by atoms with Gasteiger partial charge in [0.15, 0.2) is 5.82 Å². The zero-order valence-corrected chi connectivity index (χ0v) is 9.87. The van der Waals surface area contributed by atoms with Crippen molar-refractivity contribution in [3.8, 4) is 0 Å². The molecule has 1 aromatic heterocycles. The Kier molecular flexibility index (Phi) is 3.01. The third-order valence-corrected chi connectivity index (χ3v) is 3.15. The van der Waals surface area contributed by atoms with Crippen LogP contribution in [0.25, 0.3) is 0 Å². The van der Waals surface area contributed by atoms with Crippen molar-refractivity contribution in [1.29, 1.82) is 0 Å². The minimum absolute atomic E-state index is 0.762. The van der Waals surface area contributed by atoms with Crippen LogP contribution >= 0.6 is 15.9 Å². The molecular formula is C10H14BrN3. The number of hydrogen-bond donors (Lipinski definition) is 0. The SMILES string of the molecule is CC1CCCN(c2nccnc2Br)C1. The predicted molar refractivity (Wildman–Crippen MR) is 60.3 cm³/mol. The van der Waals surface area contributed by atoms with Crippen molar-refractivity contribution >= 4 is 21.7 Å². The molecule has 0 spiro atoms. The molecule has 1 fully saturated rings. The first-order valence-electron chi connectivity index (χ1n) is 4.99. The van der Waals surface area contributed by atoms with Gasteiger partial charge in [-0.1, -0.05) is 6.92 Å². The number of aromatic nitrogens is 2. The highest BCUT2D eigenvalue weighted by Gasteiger charge is 2.19. The van der Waals surface area contributed by atoms with Gasteiger partial charge in [-0.25, -0.2) is 9.97 Å². The first kappa shape index (κ1) is 9.90. The summed E-state index contributed by atoms with van der Waals surface area (Å²) in [6, 6.07) is 0. The predicted octanol–water partition coefficient (Wildman–Crippen LogP) is 2.48. The van der Waals surface area contributed by atoms with Crippen molar-refractivity contribution in [3.05, 3.63) is 17.0 Å². The molecule has 0 radical (unpaired) electrons. The van der Waals surface area contributed by atoms with Crippen LogP contribution in [-0.4, -0.2) is 23.1 Å². The Labute approximate surface area is 92.7 Å². The fourth-order valence-corrected chi connectivity index (χ4v) is 2.38. The monoisotopic (exact) mass is 255 g/mol. The molecule has 0 aromatic carbocycles. The molecule has 1 atom stereocenters. The van der Waals surface area contributed by atoms with Crippen LogP contribution in [0.4, 0.5) is 5.82 Å². The molecule has 0 bridgehead atoms. The maximum absolute atomic E-state index is 4.35. The van der Waals surface area contributed by atoms with Gasteiger partial charge in [-0.3, -0.25) is 0 Å². The van der Waals surface area contributed by atoms with Gasteiger partial charge in [0.2, 0.25) is 0 Å². The van der Waals surface area contributed by atoms with E-state index in [2.05, 4.69) is 37.7 Å². The minimum atomic E-state index is 0.762. The lowest BCUT2D eigenvalue weighted by molar-refractivity contribution is 0.444. The van der Waals surface area contributed by atoms with Gasteiger partial charge in [0, 0.05) is 25.5 Å². The van der Waals surface area contributed by atoms with Crippen molar-refractivity contribution in [2.45, 2.75) is 19.8 Å². The first-order valence-corrected chi connectivity index (χ1v) is 5.78. The van der Waals surface area contributed by atoms with Crippen LogP contribution in [-0.2, 0) is 0 Å². The third kappa shape index (κ3) is 2.05. The number of hydrogen-bond acceptors (Lipinski definition) is 3. The largest absolute Gasteiger partial charge is 0.354 e. The van der Waals surface area contributed by atoms with E-state index in [1.165, 1.54) is 12.8 Å². The average Bonchev–Trinajstić information content (AvgIpc) is 2.18. The Hall–Kier alpha value is -0.640. The van der Waals surface area contributed by atoms with Gasteiger partial charge in [0.05, 0.1) is 0 Å². The lowest BCUT2D eigenvalue weighted by Gasteiger charge is -2.31. The van der Waals surface area contributed by atoms with Crippen molar-refractivity contribution in [1.82, 2.24) is 9.97 Å². The first-order chi connectivity index (χ1) is 6.77. The summed E-state index contributed by atoms with van der Waals surface area (Å²) in [5.74, 6) is 1.75. The average molecular weight is 256 g/mol. The van der Waals surface area contributed by atoms with E-state index < -0.39 is 0 Å². The smallest absolute Gasteiger partial charge is 0.161 e. The molecule has 1 aliphatic rings. The maximum Gasteiger partial charge on any atom is 0.161 e. The van der Waals surface area contributed by atoms with E-state index >= 15 is 0 Å². The van der Waals surface area contributed by atoms with Crippen LogP contribution in [0.15, 0.2) is 17.0 Å². The van der Waals surface area contributed by atoms with Gasteiger partial charge in [-0.2, -0.15) is 0 Å². The second kappa shape index (κ2) is 4.26. The van der Waals surface area contributed by atoms with E-state index in [-0.39, 0.29) is 0 Å². The summed E-state index contributed by atoms with van der Waals surface area (Å²) >= 11 is 3.44. The molecule has 0 saturated carbocycles. The quantitative estimate of drug-likeness (QED) is 0.772. The maximum atomic E-state index is 4.35. The standard InChI is InChI=1S/C10H14BrN3/c1-8-3-2-6-14(7-8)10-9(11)12-4-5-13-10/h4-5,8H,2-3,6-7H2,1H3. The zero-order valence-electron chi connectivity index (χ0n) is 8.28. The Bertz CT molecular complexity index is 316. The zero-order chi connectivity index (χ0) is 9.97. The summed E-state index contributed by atoms with van der Waals surface area (Å²) in [5.41, 5.74) is 0. The number of anilines is 1. The normalized spacial score (nSPS) is 22.4. The van der Waals surface area contributed by atoms with Crippen LogP contribution in [0.3, 0.4) is 0 Å². The van der Waals surface area contributed by atoms with Gasteiger partial charge >= 0.3 is 0 Å². The molecule has 2 rings (SSSR count). The van der Waals surface area contributed by atoms with Crippen molar-refractivity contribution < 1.29 is 0 Å². The summed E-state index contributed by atoms with van der Waals surface area (Å²) in [4.78, 5) is 10.9. The van der Waals surface area contributed by atoms with Gasteiger partial charge in [0.25, 0.3) is 0 Å². The van der Waals surface area contributed by atoms with Gasteiger partial charge in [0.1, 0.15) is 4.60 Å². The molecule has 14 heavy (non-hydrogen) atoms. The second-order valence-corrected chi connectivity index (χ2v) is 4.62. The van der Waals surface area contributed by atoms with Crippen LogP contribution in [0, 0.1) is 5.92 Å². The molecule has 3 nitrogen and oxygen atoms in total. The molecule has 1 unspecified atom stereocenters. The highest BCUT2D eigenvalue weighted by Crippen LogP contribution is 2.25. The van der Waals surface area contributed by atoms with Gasteiger partial charge < -0.3 is 4.90 Å². The lowest BCUT2D eigenvalue weighted by Crippen LogP contribution is -2.35. The minimum Gasteiger partial charge on any atom is -0.354 e. The summed E-state index contributed by atoms with van der Waals surface area (Å²) in [7, 11) is 0. The molecule has 1 saturated heterocycles. The Morgan fingerprint density at radius 3 is 2.93 bits per heavy atom. The van der Waals surface area contributed by atoms with Crippen LogP contribution in [0.2, 0.25) is 0 Å². The fourth-order valence-electron chi connectivity index (χ4n) is 1.91. The fraction of sp³-hybridized carbons (Fsp3) is 0.600. The van der Waals surface area contributed by atoms with Crippen molar-refractivity contribution in [2.24, 2.45) is 5.92 Å². The van der Waals surface area contributed by atoms with Crippen LogP contribution in [0.5, 0.6) is 0 Å². The molecular weight excluding hydrogens is 242 g/mol. The van der Waals surface area contributed by atoms with Crippen LogP contribution < -0.4 is 4.90 Å². The second-order valence-electron chi connectivity index (χ2n) is 3.86. The molecule has 1 aromatic rings. The summed E-state index contributed by atoms with van der Waals surface area (Å²) < 4.78 is 0.856. The summed E-state index contributed by atoms with van der Waals surface area (Å²) in [6.07, 6.45) is 6.04. The van der Waals surface area contributed by atoms with E-state index in [0.717, 1.165) is 29.4 Å². The Balaban J connectivity index is 2.18. The highest BCUT2D eigenvalue weighted by atomic mass is 79.9. The molecule has 76 valence electrons. The molecule has 0 aliphatic carbocycles. The number of rotatable bonds is 1. The van der Waals surface area contributed by atoms with E-state index in [9.17, 15) is 0 Å². The van der Waals surface area contributed by atoms with E-state index in [4.69, 9.17) is 0 Å². The molecule has 1 aliphatic heterocycles. The van der Waals surface area contributed by atoms with Crippen molar-refractivity contribution in [3.63, 3.8) is 0 Å². The van der Waals surface area contributed by atoms with Gasteiger partial charge in [-0.05, 0) is 34.7 Å². The lowest BCUT2D eigenvalue weighted by atomic mass is 10.0. The molecule has 2 heterocycles. The van der Waals surface area contributed by atoms with Crippen molar-refractivity contribution in [2.75, 3.05) is 18.0 Å². The molecule has 0 amide bonds. The Morgan fingerprint density at radius 1 is 1.43 bits per heavy atom.